The summed E-state index contributed by atoms with van der Waals surface area (Å²) >= 11 is 0. The predicted octanol–water partition coefficient (Wildman–Crippen LogP) is 0.741. The summed E-state index contributed by atoms with van der Waals surface area (Å²) in [7, 11) is 0. The molecule has 56 valence electrons. The van der Waals surface area contributed by atoms with E-state index in [1.54, 1.807) is 6.33 Å². The van der Waals surface area contributed by atoms with Gasteiger partial charge in [0.1, 0.15) is 12.0 Å². The van der Waals surface area contributed by atoms with E-state index in [0.29, 0.717) is 0 Å². The van der Waals surface area contributed by atoms with E-state index in [-0.39, 0.29) is 0 Å². The summed E-state index contributed by atoms with van der Waals surface area (Å²) in [5.41, 5.74) is 2.83. The largest absolute Gasteiger partial charge is 0.285 e. The second-order valence-electron chi connectivity index (χ2n) is 2.51. The molecule has 0 unspecified atom stereocenters. The van der Waals surface area contributed by atoms with Crippen LogP contribution in [0.15, 0.2) is 12.5 Å². The molecule has 0 fully saturated rings. The van der Waals surface area contributed by atoms with Gasteiger partial charge in [0.15, 0.2) is 5.65 Å². The summed E-state index contributed by atoms with van der Waals surface area (Å²) < 4.78 is 1.92. The van der Waals surface area contributed by atoms with Crippen LogP contribution in [0.1, 0.15) is 11.4 Å². The molecule has 0 N–H and O–H groups in total. The van der Waals surface area contributed by atoms with Crippen LogP contribution >= 0.6 is 0 Å². The molecular weight excluding hydrogens is 140 g/mol. The van der Waals surface area contributed by atoms with Crippen molar-refractivity contribution in [1.82, 2.24) is 19.6 Å². The Hall–Kier alpha value is -1.45. The lowest BCUT2D eigenvalue weighted by molar-refractivity contribution is 0.896. The molecular formula is C7H8N4. The van der Waals surface area contributed by atoms with E-state index in [9.17, 15) is 0 Å². The second-order valence-corrected chi connectivity index (χ2v) is 2.51. The van der Waals surface area contributed by atoms with Crippen LogP contribution in [0, 0.1) is 13.8 Å². The highest BCUT2D eigenvalue weighted by atomic mass is 15.2. The highest BCUT2D eigenvalue weighted by molar-refractivity contribution is 5.43. The number of hydrogen-bond acceptors (Lipinski definition) is 3. The maximum absolute atomic E-state index is 4.18. The van der Waals surface area contributed by atoms with Crippen LogP contribution in [0.25, 0.3) is 5.65 Å². The summed E-state index contributed by atoms with van der Waals surface area (Å²) in [5.74, 6) is 0. The van der Waals surface area contributed by atoms with Gasteiger partial charge in [0.05, 0.1) is 0 Å². The number of fused-ring (bicyclic) bond motifs is 1. The van der Waals surface area contributed by atoms with Crippen LogP contribution in [0.5, 0.6) is 0 Å². The van der Waals surface area contributed by atoms with Gasteiger partial charge in [0.25, 0.3) is 0 Å². The fraction of sp³-hybridized carbons (Fsp3) is 0.286. The third kappa shape index (κ3) is 0.790. The van der Waals surface area contributed by atoms with E-state index in [2.05, 4.69) is 15.2 Å². The first-order valence-electron chi connectivity index (χ1n) is 3.41. The predicted molar refractivity (Wildman–Crippen MR) is 40.3 cm³/mol. The Balaban J connectivity index is 2.94. The Morgan fingerprint density at radius 3 is 2.91 bits per heavy atom. The SMILES string of the molecule is Cc1nncn2c(C)cnc12. The van der Waals surface area contributed by atoms with Gasteiger partial charge >= 0.3 is 0 Å². The van der Waals surface area contributed by atoms with Crippen molar-refractivity contribution >= 4 is 5.65 Å². The van der Waals surface area contributed by atoms with Crippen molar-refractivity contribution in [2.45, 2.75) is 13.8 Å². The molecule has 2 rings (SSSR count). The van der Waals surface area contributed by atoms with Crippen molar-refractivity contribution in [3.8, 4) is 0 Å². The van der Waals surface area contributed by atoms with E-state index >= 15 is 0 Å². The fourth-order valence-electron chi connectivity index (χ4n) is 1.07. The molecule has 2 aromatic heterocycles. The first kappa shape index (κ1) is 6.27. The van der Waals surface area contributed by atoms with E-state index in [1.165, 1.54) is 0 Å². The molecule has 0 aliphatic carbocycles. The molecule has 2 heterocycles. The van der Waals surface area contributed by atoms with Gasteiger partial charge in [0, 0.05) is 11.9 Å². The van der Waals surface area contributed by atoms with Gasteiger partial charge < -0.3 is 0 Å². The van der Waals surface area contributed by atoms with Crippen molar-refractivity contribution < 1.29 is 0 Å². The Bertz CT molecular complexity index is 390. The molecule has 0 radical (unpaired) electrons. The van der Waals surface area contributed by atoms with Gasteiger partial charge in [-0.2, -0.15) is 5.10 Å². The first-order valence-corrected chi connectivity index (χ1v) is 3.41. The summed E-state index contributed by atoms with van der Waals surface area (Å²) in [4.78, 5) is 4.18. The average molecular weight is 148 g/mol. The lowest BCUT2D eigenvalue weighted by Crippen LogP contribution is -1.95. The van der Waals surface area contributed by atoms with Crippen molar-refractivity contribution in [1.29, 1.82) is 0 Å². The van der Waals surface area contributed by atoms with Gasteiger partial charge in [-0.15, -0.1) is 5.10 Å². The van der Waals surface area contributed by atoms with Crippen molar-refractivity contribution in [2.75, 3.05) is 0 Å². The monoisotopic (exact) mass is 148 g/mol. The Morgan fingerprint density at radius 2 is 2.18 bits per heavy atom. The Labute approximate surface area is 63.9 Å². The quantitative estimate of drug-likeness (QED) is 0.553. The highest BCUT2D eigenvalue weighted by Crippen LogP contribution is 2.05. The van der Waals surface area contributed by atoms with Gasteiger partial charge in [-0.1, -0.05) is 0 Å². The molecule has 4 heteroatoms. The normalized spacial score (nSPS) is 10.7. The van der Waals surface area contributed by atoms with Crippen LogP contribution in [0.2, 0.25) is 0 Å². The number of rotatable bonds is 0. The number of hydrogen-bond donors (Lipinski definition) is 0. The van der Waals surface area contributed by atoms with Crippen molar-refractivity contribution in [3.05, 3.63) is 23.9 Å². The summed E-state index contributed by atoms with van der Waals surface area (Å²) in [6.45, 7) is 3.88. The second kappa shape index (κ2) is 2.02. The molecule has 0 bridgehead atoms. The zero-order chi connectivity index (χ0) is 7.84. The lowest BCUT2D eigenvalue weighted by Gasteiger charge is -1.94. The van der Waals surface area contributed by atoms with E-state index in [4.69, 9.17) is 0 Å². The molecule has 0 saturated heterocycles. The van der Waals surface area contributed by atoms with Gasteiger partial charge in [-0.3, -0.25) is 4.40 Å². The minimum Gasteiger partial charge on any atom is -0.285 e. The number of imidazole rings is 1. The maximum atomic E-state index is 4.18. The topological polar surface area (TPSA) is 43.1 Å². The molecule has 0 aliphatic rings. The van der Waals surface area contributed by atoms with Gasteiger partial charge in [0.2, 0.25) is 0 Å². The maximum Gasteiger partial charge on any atom is 0.161 e. The third-order valence-electron chi connectivity index (χ3n) is 1.68. The molecule has 0 atom stereocenters. The van der Waals surface area contributed by atoms with Crippen LogP contribution in [-0.4, -0.2) is 19.6 Å². The summed E-state index contributed by atoms with van der Waals surface area (Å²) in [6, 6.07) is 0. The van der Waals surface area contributed by atoms with Crippen molar-refractivity contribution in [3.63, 3.8) is 0 Å². The van der Waals surface area contributed by atoms with Crippen LogP contribution in [0.3, 0.4) is 0 Å². The van der Waals surface area contributed by atoms with Crippen LogP contribution in [0.4, 0.5) is 0 Å². The zero-order valence-electron chi connectivity index (χ0n) is 6.44. The molecule has 2 aromatic rings. The molecule has 0 aromatic carbocycles. The number of nitrogens with zero attached hydrogens (tertiary/aromatic N) is 4. The third-order valence-corrected chi connectivity index (χ3v) is 1.68. The highest BCUT2D eigenvalue weighted by Gasteiger charge is 2.00. The number of aromatic nitrogens is 4. The smallest absolute Gasteiger partial charge is 0.161 e. The fourth-order valence-corrected chi connectivity index (χ4v) is 1.07. The standard InChI is InChI=1S/C7H8N4/c1-5-3-8-7-6(2)10-9-4-11(5)7/h3-4H,1-2H3. The molecule has 0 saturated carbocycles. The minimum atomic E-state index is 0.862. The summed E-state index contributed by atoms with van der Waals surface area (Å²) in [5, 5.41) is 7.71. The number of aryl methyl sites for hydroxylation is 2. The molecule has 0 amide bonds. The zero-order valence-corrected chi connectivity index (χ0v) is 6.44. The minimum absolute atomic E-state index is 0.862. The first-order chi connectivity index (χ1) is 5.29. The summed E-state index contributed by atoms with van der Waals surface area (Å²) in [6.07, 6.45) is 3.48. The Kier molecular flexibility index (Phi) is 1.15. The molecule has 0 spiro atoms. The average Bonchev–Trinajstić information content (AvgIpc) is 2.35. The lowest BCUT2D eigenvalue weighted by atomic mass is 10.5. The van der Waals surface area contributed by atoms with E-state index < -0.39 is 0 Å². The van der Waals surface area contributed by atoms with Gasteiger partial charge in [-0.05, 0) is 13.8 Å². The molecule has 0 aliphatic heterocycles. The molecule has 11 heavy (non-hydrogen) atoms. The van der Waals surface area contributed by atoms with Crippen molar-refractivity contribution in [2.24, 2.45) is 0 Å². The molecule has 4 nitrogen and oxygen atoms in total. The van der Waals surface area contributed by atoms with E-state index in [0.717, 1.165) is 17.0 Å². The Morgan fingerprint density at radius 1 is 1.36 bits per heavy atom. The van der Waals surface area contributed by atoms with E-state index in [1.807, 2.05) is 24.4 Å². The van der Waals surface area contributed by atoms with Crippen LogP contribution < -0.4 is 0 Å². The van der Waals surface area contributed by atoms with Gasteiger partial charge in [-0.25, -0.2) is 4.98 Å². The van der Waals surface area contributed by atoms with Crippen LogP contribution in [-0.2, 0) is 0 Å².